The summed E-state index contributed by atoms with van der Waals surface area (Å²) >= 11 is 1.45. The van der Waals surface area contributed by atoms with Crippen LogP contribution in [0.15, 0.2) is 11.5 Å². The van der Waals surface area contributed by atoms with Crippen LogP contribution in [0.5, 0.6) is 0 Å². The Labute approximate surface area is 123 Å². The van der Waals surface area contributed by atoms with Gasteiger partial charge in [0.2, 0.25) is 5.91 Å². The maximum absolute atomic E-state index is 12.3. The number of hydrogen-bond donors (Lipinski definition) is 0. The highest BCUT2D eigenvalue weighted by Gasteiger charge is 2.23. The highest BCUT2D eigenvalue weighted by Crippen LogP contribution is 2.20. The Hall–Kier alpha value is -1.08. The normalized spacial score (nSPS) is 19.3. The molecule has 0 aliphatic carbocycles. The lowest BCUT2D eigenvalue weighted by molar-refractivity contribution is -0.131. The lowest BCUT2D eigenvalue weighted by atomic mass is 10.0. The summed E-state index contributed by atoms with van der Waals surface area (Å²) in [4.78, 5) is 14.2. The molecule has 1 fully saturated rings. The van der Waals surface area contributed by atoms with Gasteiger partial charge in [-0.2, -0.15) is 0 Å². The van der Waals surface area contributed by atoms with Crippen LogP contribution in [0.25, 0.3) is 0 Å². The predicted octanol–water partition coefficient (Wildman–Crippen LogP) is 1.42. The molecule has 1 atom stereocenters. The number of nitrogens with zero attached hydrogens (tertiary/aromatic N) is 4. The maximum Gasteiger partial charge on any atom is 0.233 e. The number of ether oxygens (including phenoxy) is 1. The molecular weight excluding hydrogens is 276 g/mol. The van der Waals surface area contributed by atoms with E-state index in [0.29, 0.717) is 24.9 Å². The largest absolute Gasteiger partial charge is 0.383 e. The molecule has 1 aromatic heterocycles. The lowest BCUT2D eigenvalue weighted by Crippen LogP contribution is -2.43. The second kappa shape index (κ2) is 7.64. The second-order valence-corrected chi connectivity index (χ2v) is 5.96. The van der Waals surface area contributed by atoms with E-state index in [-0.39, 0.29) is 5.91 Å². The van der Waals surface area contributed by atoms with Crippen molar-refractivity contribution in [2.75, 3.05) is 26.0 Å². The molecule has 1 saturated heterocycles. The van der Waals surface area contributed by atoms with E-state index in [2.05, 4.69) is 17.1 Å². The van der Waals surface area contributed by atoms with Crippen LogP contribution in [0, 0.1) is 0 Å². The summed E-state index contributed by atoms with van der Waals surface area (Å²) in [6.07, 6.45) is 5.13. The average Bonchev–Trinajstić information content (AvgIpc) is 2.90. The molecule has 0 saturated carbocycles. The van der Waals surface area contributed by atoms with Crippen LogP contribution < -0.4 is 0 Å². The molecule has 1 aliphatic rings. The SMILES string of the molecule is COCCn1cnnc1SCC(=O)N1CCCCC1C. The first kappa shape index (κ1) is 15.3. The summed E-state index contributed by atoms with van der Waals surface area (Å²) in [7, 11) is 1.67. The summed E-state index contributed by atoms with van der Waals surface area (Å²) in [5, 5.41) is 8.72. The van der Waals surface area contributed by atoms with Crippen LogP contribution in [-0.2, 0) is 16.1 Å². The summed E-state index contributed by atoms with van der Waals surface area (Å²) in [5.74, 6) is 0.624. The zero-order chi connectivity index (χ0) is 14.4. The van der Waals surface area contributed by atoms with E-state index in [1.165, 1.54) is 18.2 Å². The molecule has 2 heterocycles. The van der Waals surface area contributed by atoms with Gasteiger partial charge in [0.15, 0.2) is 5.16 Å². The third-order valence-electron chi connectivity index (χ3n) is 3.56. The number of hydrogen-bond acceptors (Lipinski definition) is 5. The smallest absolute Gasteiger partial charge is 0.233 e. The van der Waals surface area contributed by atoms with Crippen LogP contribution in [0.1, 0.15) is 26.2 Å². The van der Waals surface area contributed by atoms with Crippen LogP contribution in [0.2, 0.25) is 0 Å². The lowest BCUT2D eigenvalue weighted by Gasteiger charge is -2.33. The van der Waals surface area contributed by atoms with Gasteiger partial charge < -0.3 is 14.2 Å². The summed E-state index contributed by atoms with van der Waals surface area (Å²) in [6.45, 7) is 4.34. The number of rotatable bonds is 6. The number of aromatic nitrogens is 3. The Morgan fingerprint density at radius 1 is 1.55 bits per heavy atom. The molecule has 0 N–H and O–H groups in total. The number of likely N-dealkylation sites (tertiary alicyclic amines) is 1. The molecule has 1 unspecified atom stereocenters. The van der Waals surface area contributed by atoms with Crippen LogP contribution >= 0.6 is 11.8 Å². The van der Waals surface area contributed by atoms with Crippen molar-refractivity contribution in [1.82, 2.24) is 19.7 Å². The molecule has 0 aromatic carbocycles. The highest BCUT2D eigenvalue weighted by molar-refractivity contribution is 7.99. The molecule has 0 spiro atoms. The first-order valence-electron chi connectivity index (χ1n) is 7.01. The van der Waals surface area contributed by atoms with Gasteiger partial charge in [0.05, 0.1) is 12.4 Å². The standard InChI is InChI=1S/C13H22N4O2S/c1-11-5-3-4-6-17(11)12(18)9-20-13-15-14-10-16(13)7-8-19-2/h10-11H,3-9H2,1-2H3. The maximum atomic E-state index is 12.3. The monoisotopic (exact) mass is 298 g/mol. The molecule has 1 aliphatic heterocycles. The van der Waals surface area contributed by atoms with E-state index in [4.69, 9.17) is 4.74 Å². The quantitative estimate of drug-likeness (QED) is 0.743. The average molecular weight is 298 g/mol. The van der Waals surface area contributed by atoms with E-state index in [1.807, 2.05) is 9.47 Å². The Balaban J connectivity index is 1.85. The third kappa shape index (κ3) is 3.96. The molecule has 7 heteroatoms. The van der Waals surface area contributed by atoms with Gasteiger partial charge in [0.1, 0.15) is 6.33 Å². The Morgan fingerprint density at radius 3 is 3.15 bits per heavy atom. The first-order valence-corrected chi connectivity index (χ1v) is 8.00. The fraction of sp³-hybridized carbons (Fsp3) is 0.769. The number of piperidine rings is 1. The zero-order valence-electron chi connectivity index (χ0n) is 12.1. The van der Waals surface area contributed by atoms with Crippen molar-refractivity contribution in [1.29, 1.82) is 0 Å². The first-order chi connectivity index (χ1) is 9.72. The molecule has 0 radical (unpaired) electrons. The molecule has 2 rings (SSSR count). The van der Waals surface area contributed by atoms with Crippen molar-refractivity contribution in [2.45, 2.75) is 43.9 Å². The van der Waals surface area contributed by atoms with Crippen molar-refractivity contribution >= 4 is 17.7 Å². The summed E-state index contributed by atoms with van der Waals surface area (Å²) in [5.41, 5.74) is 0. The van der Waals surface area contributed by atoms with E-state index < -0.39 is 0 Å². The number of thioether (sulfide) groups is 1. The molecule has 112 valence electrons. The van der Waals surface area contributed by atoms with E-state index >= 15 is 0 Å². The fourth-order valence-electron chi connectivity index (χ4n) is 2.38. The summed E-state index contributed by atoms with van der Waals surface area (Å²) in [6, 6.07) is 0.364. The van der Waals surface area contributed by atoms with Gasteiger partial charge in [-0.05, 0) is 26.2 Å². The van der Waals surface area contributed by atoms with Gasteiger partial charge in [-0.25, -0.2) is 0 Å². The van der Waals surface area contributed by atoms with Crippen LogP contribution in [-0.4, -0.2) is 57.6 Å². The van der Waals surface area contributed by atoms with Gasteiger partial charge in [-0.3, -0.25) is 4.79 Å². The molecule has 1 amide bonds. The highest BCUT2D eigenvalue weighted by atomic mass is 32.2. The van der Waals surface area contributed by atoms with Gasteiger partial charge in [0, 0.05) is 26.2 Å². The van der Waals surface area contributed by atoms with Crippen LogP contribution in [0.3, 0.4) is 0 Å². The molecular formula is C13H22N4O2S. The number of carbonyl (C=O) groups is 1. The number of amides is 1. The molecule has 1 aromatic rings. The minimum absolute atomic E-state index is 0.198. The van der Waals surface area contributed by atoms with Crippen molar-refractivity contribution in [3.05, 3.63) is 6.33 Å². The summed E-state index contributed by atoms with van der Waals surface area (Å²) < 4.78 is 6.96. The minimum atomic E-state index is 0.198. The second-order valence-electron chi connectivity index (χ2n) is 5.02. The van der Waals surface area contributed by atoms with Crippen molar-refractivity contribution in [2.24, 2.45) is 0 Å². The molecule has 20 heavy (non-hydrogen) atoms. The van der Waals surface area contributed by atoms with Gasteiger partial charge in [-0.15, -0.1) is 10.2 Å². The minimum Gasteiger partial charge on any atom is -0.383 e. The number of carbonyl (C=O) groups excluding carboxylic acids is 1. The Morgan fingerprint density at radius 2 is 2.40 bits per heavy atom. The van der Waals surface area contributed by atoms with Gasteiger partial charge in [0.25, 0.3) is 0 Å². The predicted molar refractivity (Wildman–Crippen MR) is 77.6 cm³/mol. The zero-order valence-corrected chi connectivity index (χ0v) is 12.9. The number of methoxy groups -OCH3 is 1. The Kier molecular flexibility index (Phi) is 5.85. The van der Waals surface area contributed by atoms with Gasteiger partial charge in [-0.1, -0.05) is 11.8 Å². The fourth-order valence-corrected chi connectivity index (χ4v) is 3.20. The van der Waals surface area contributed by atoms with E-state index in [0.717, 1.165) is 24.5 Å². The Bertz CT molecular complexity index is 438. The van der Waals surface area contributed by atoms with E-state index in [1.54, 1.807) is 13.4 Å². The molecule has 6 nitrogen and oxygen atoms in total. The molecule has 0 bridgehead atoms. The van der Waals surface area contributed by atoms with Gasteiger partial charge >= 0.3 is 0 Å². The van der Waals surface area contributed by atoms with Crippen molar-refractivity contribution in [3.63, 3.8) is 0 Å². The third-order valence-corrected chi connectivity index (χ3v) is 4.53. The van der Waals surface area contributed by atoms with Crippen LogP contribution in [0.4, 0.5) is 0 Å². The van der Waals surface area contributed by atoms with Crippen molar-refractivity contribution in [3.8, 4) is 0 Å². The van der Waals surface area contributed by atoms with E-state index in [9.17, 15) is 4.79 Å². The topological polar surface area (TPSA) is 60.2 Å². The van der Waals surface area contributed by atoms with Crippen molar-refractivity contribution < 1.29 is 9.53 Å².